The van der Waals surface area contributed by atoms with E-state index in [1.165, 1.54) is 96.3 Å². The Balaban J connectivity index is 2.97. The minimum absolute atomic E-state index is 0.196. The second kappa shape index (κ2) is 19.9. The molecule has 1 atom stereocenters. The van der Waals surface area contributed by atoms with Crippen molar-refractivity contribution >= 4 is 0 Å². The van der Waals surface area contributed by atoms with Crippen molar-refractivity contribution in [2.24, 2.45) is 0 Å². The van der Waals surface area contributed by atoms with Gasteiger partial charge in [0.15, 0.2) is 0 Å². The van der Waals surface area contributed by atoms with Gasteiger partial charge in [-0.1, -0.05) is 103 Å². The van der Waals surface area contributed by atoms with Crippen LogP contribution in [0.3, 0.4) is 0 Å². The molecular formula is C20H43NO2. The van der Waals surface area contributed by atoms with Crippen molar-refractivity contribution in [2.75, 3.05) is 13.2 Å². The van der Waals surface area contributed by atoms with Crippen molar-refractivity contribution in [1.82, 2.24) is 5.32 Å². The van der Waals surface area contributed by atoms with E-state index in [4.69, 9.17) is 10.2 Å². The Bertz CT molecular complexity index is 212. The first-order valence-corrected chi connectivity index (χ1v) is 10.3. The van der Waals surface area contributed by atoms with Crippen molar-refractivity contribution in [3.63, 3.8) is 0 Å². The van der Waals surface area contributed by atoms with Crippen LogP contribution in [0.15, 0.2) is 0 Å². The Morgan fingerprint density at radius 2 is 0.957 bits per heavy atom. The van der Waals surface area contributed by atoms with Crippen molar-refractivity contribution in [1.29, 1.82) is 0 Å². The fraction of sp³-hybridized carbons (Fsp3) is 1.00. The third-order valence-electron chi connectivity index (χ3n) is 4.58. The fourth-order valence-electron chi connectivity index (χ4n) is 3.01. The molecule has 0 saturated carbocycles. The maximum atomic E-state index is 9.12. The highest BCUT2D eigenvalue weighted by atomic mass is 16.3. The second-order valence-corrected chi connectivity index (χ2v) is 6.96. The highest BCUT2D eigenvalue weighted by Gasteiger charge is 1.98. The van der Waals surface area contributed by atoms with E-state index in [-0.39, 0.29) is 6.61 Å². The molecule has 0 bridgehead atoms. The first-order valence-electron chi connectivity index (χ1n) is 10.3. The third kappa shape index (κ3) is 19.8. The van der Waals surface area contributed by atoms with Crippen molar-refractivity contribution in [3.8, 4) is 0 Å². The summed E-state index contributed by atoms with van der Waals surface area (Å²) in [6, 6.07) is 0. The smallest absolute Gasteiger partial charge is 0.128 e. The topological polar surface area (TPSA) is 52.5 Å². The summed E-state index contributed by atoms with van der Waals surface area (Å²) in [4.78, 5) is 0. The monoisotopic (exact) mass is 329 g/mol. The van der Waals surface area contributed by atoms with E-state index in [2.05, 4.69) is 12.2 Å². The second-order valence-electron chi connectivity index (χ2n) is 6.96. The van der Waals surface area contributed by atoms with Crippen molar-refractivity contribution in [3.05, 3.63) is 0 Å². The number of aliphatic hydroxyl groups excluding tert-OH is 2. The Morgan fingerprint density at radius 1 is 0.609 bits per heavy atom. The van der Waals surface area contributed by atoms with Crippen LogP contribution in [0.25, 0.3) is 0 Å². The molecule has 0 aliphatic rings. The van der Waals surface area contributed by atoms with Crippen LogP contribution >= 0.6 is 0 Å². The first kappa shape index (κ1) is 22.9. The predicted molar refractivity (Wildman–Crippen MR) is 101 cm³/mol. The molecule has 23 heavy (non-hydrogen) atoms. The molecule has 0 aromatic rings. The van der Waals surface area contributed by atoms with Gasteiger partial charge in [0.1, 0.15) is 6.23 Å². The van der Waals surface area contributed by atoms with Gasteiger partial charge >= 0.3 is 0 Å². The molecule has 0 saturated heterocycles. The average Bonchev–Trinajstić information content (AvgIpc) is 2.57. The molecular weight excluding hydrogens is 286 g/mol. The van der Waals surface area contributed by atoms with Crippen LogP contribution in [0.4, 0.5) is 0 Å². The summed E-state index contributed by atoms with van der Waals surface area (Å²) in [6.45, 7) is 2.89. The lowest BCUT2D eigenvalue weighted by Crippen LogP contribution is -2.32. The van der Waals surface area contributed by atoms with Gasteiger partial charge in [-0.25, -0.2) is 0 Å². The van der Waals surface area contributed by atoms with Gasteiger partial charge in [0.05, 0.1) is 6.61 Å². The average molecular weight is 330 g/mol. The Hall–Kier alpha value is -0.120. The van der Waals surface area contributed by atoms with E-state index < -0.39 is 6.23 Å². The molecule has 3 heteroatoms. The number of rotatable bonds is 19. The van der Waals surface area contributed by atoms with Crippen LogP contribution in [0, 0.1) is 0 Å². The van der Waals surface area contributed by atoms with Gasteiger partial charge in [0, 0.05) is 0 Å². The quantitative estimate of drug-likeness (QED) is 0.227. The first-order chi connectivity index (χ1) is 11.3. The molecule has 0 rings (SSSR count). The van der Waals surface area contributed by atoms with E-state index in [9.17, 15) is 0 Å². The minimum atomic E-state index is -0.744. The zero-order valence-electron chi connectivity index (χ0n) is 15.7. The normalized spacial score (nSPS) is 12.7. The molecule has 0 aromatic carbocycles. The van der Waals surface area contributed by atoms with E-state index in [1.54, 1.807) is 0 Å². The van der Waals surface area contributed by atoms with Crippen LogP contribution in [0.5, 0.6) is 0 Å². The molecule has 0 aromatic heterocycles. The summed E-state index contributed by atoms with van der Waals surface area (Å²) in [5.41, 5.74) is 0. The Morgan fingerprint density at radius 3 is 1.30 bits per heavy atom. The lowest BCUT2D eigenvalue weighted by molar-refractivity contribution is 0.0679. The van der Waals surface area contributed by atoms with Gasteiger partial charge in [-0.3, -0.25) is 5.32 Å². The van der Waals surface area contributed by atoms with Gasteiger partial charge in [-0.2, -0.15) is 0 Å². The molecule has 3 N–H and O–H groups in total. The molecule has 0 aliphatic carbocycles. The van der Waals surface area contributed by atoms with Gasteiger partial charge in [-0.15, -0.1) is 0 Å². The predicted octanol–water partition coefficient (Wildman–Crippen LogP) is 5.15. The summed E-state index contributed by atoms with van der Waals surface area (Å²) in [5.74, 6) is 0. The van der Waals surface area contributed by atoms with E-state index in [0.717, 1.165) is 13.0 Å². The highest BCUT2D eigenvalue weighted by molar-refractivity contribution is 4.53. The highest BCUT2D eigenvalue weighted by Crippen LogP contribution is 2.13. The Labute approximate surface area is 145 Å². The standard InChI is InChI=1S/C20H43NO2/c1-2-3-4-5-6-7-8-9-10-11-12-13-14-15-16-17-18-21-20(23)19-22/h20-23H,2-19H2,1H3. The van der Waals surface area contributed by atoms with E-state index in [1.807, 2.05) is 0 Å². The van der Waals surface area contributed by atoms with Gasteiger partial charge in [0.2, 0.25) is 0 Å². The lowest BCUT2D eigenvalue weighted by atomic mass is 10.0. The van der Waals surface area contributed by atoms with Crippen molar-refractivity contribution < 1.29 is 10.2 Å². The molecule has 1 unspecified atom stereocenters. The molecule has 0 amide bonds. The zero-order valence-corrected chi connectivity index (χ0v) is 15.7. The summed E-state index contributed by atoms with van der Waals surface area (Å²) in [7, 11) is 0. The maximum Gasteiger partial charge on any atom is 0.128 e. The molecule has 3 nitrogen and oxygen atoms in total. The largest absolute Gasteiger partial charge is 0.392 e. The number of hydrogen-bond acceptors (Lipinski definition) is 3. The number of hydrogen-bond donors (Lipinski definition) is 3. The lowest BCUT2D eigenvalue weighted by Gasteiger charge is -2.09. The van der Waals surface area contributed by atoms with Crippen LogP contribution in [0.2, 0.25) is 0 Å². The van der Waals surface area contributed by atoms with Crippen LogP contribution in [-0.4, -0.2) is 29.6 Å². The van der Waals surface area contributed by atoms with Crippen LogP contribution in [-0.2, 0) is 0 Å². The Kier molecular flexibility index (Phi) is 19.8. The summed E-state index contributed by atoms with van der Waals surface area (Å²) < 4.78 is 0. The number of unbranched alkanes of at least 4 members (excludes halogenated alkanes) is 15. The van der Waals surface area contributed by atoms with E-state index in [0.29, 0.717) is 0 Å². The minimum Gasteiger partial charge on any atom is -0.392 e. The molecule has 140 valence electrons. The number of nitrogens with one attached hydrogen (secondary N) is 1. The summed E-state index contributed by atoms with van der Waals surface area (Å²) in [5, 5.41) is 20.7. The van der Waals surface area contributed by atoms with E-state index >= 15 is 0 Å². The van der Waals surface area contributed by atoms with Crippen LogP contribution in [0.1, 0.15) is 110 Å². The molecule has 0 spiro atoms. The molecule has 0 radical (unpaired) electrons. The summed E-state index contributed by atoms with van der Waals surface area (Å²) >= 11 is 0. The van der Waals surface area contributed by atoms with Gasteiger partial charge < -0.3 is 10.2 Å². The fourth-order valence-corrected chi connectivity index (χ4v) is 3.01. The number of aliphatic hydroxyl groups is 2. The molecule has 0 fully saturated rings. The summed E-state index contributed by atoms with van der Waals surface area (Å²) in [6.07, 6.45) is 21.3. The SMILES string of the molecule is CCCCCCCCCCCCCCCCCCNC(O)CO. The molecule has 0 aliphatic heterocycles. The molecule has 0 heterocycles. The maximum absolute atomic E-state index is 9.12. The van der Waals surface area contributed by atoms with Gasteiger partial charge in [0.25, 0.3) is 0 Å². The zero-order chi connectivity index (χ0) is 17.0. The van der Waals surface area contributed by atoms with Crippen LogP contribution < -0.4 is 5.32 Å². The van der Waals surface area contributed by atoms with Crippen molar-refractivity contribution in [2.45, 2.75) is 116 Å². The van der Waals surface area contributed by atoms with Gasteiger partial charge in [-0.05, 0) is 13.0 Å². The third-order valence-corrected chi connectivity index (χ3v) is 4.58.